The normalized spacial score (nSPS) is 16.9. The molecular formula is C27H30N4O5S. The monoisotopic (exact) mass is 522 g/mol. The van der Waals surface area contributed by atoms with Gasteiger partial charge >= 0.3 is 5.97 Å². The number of amidine groups is 1. The Morgan fingerprint density at radius 3 is 2.51 bits per heavy atom. The minimum absolute atomic E-state index is 0.0683. The van der Waals surface area contributed by atoms with E-state index in [1.165, 1.54) is 11.0 Å². The van der Waals surface area contributed by atoms with E-state index in [0.29, 0.717) is 24.9 Å². The molecule has 0 bridgehead atoms. The number of sulfonamides is 1. The molecule has 3 aromatic carbocycles. The largest absolute Gasteiger partial charge is 0.464 e. The van der Waals surface area contributed by atoms with Crippen molar-refractivity contribution >= 4 is 38.5 Å². The van der Waals surface area contributed by atoms with Crippen molar-refractivity contribution in [1.82, 2.24) is 9.62 Å². The molecule has 1 saturated heterocycles. The van der Waals surface area contributed by atoms with Gasteiger partial charge in [-0.05, 0) is 48.2 Å². The molecule has 3 aromatic rings. The van der Waals surface area contributed by atoms with Crippen molar-refractivity contribution in [2.24, 2.45) is 5.73 Å². The first kappa shape index (κ1) is 26.3. The molecule has 9 nitrogen and oxygen atoms in total. The molecule has 0 saturated carbocycles. The fraction of sp³-hybridized carbons (Fsp3) is 0.296. The van der Waals surface area contributed by atoms with Crippen LogP contribution in [-0.4, -0.2) is 56.3 Å². The van der Waals surface area contributed by atoms with Gasteiger partial charge in [-0.25, -0.2) is 13.2 Å². The summed E-state index contributed by atoms with van der Waals surface area (Å²) in [6, 6.07) is 17.2. The highest BCUT2D eigenvalue weighted by atomic mass is 32.2. The summed E-state index contributed by atoms with van der Waals surface area (Å²) in [6.07, 6.45) is 1.04. The number of ether oxygens (including phenoxy) is 1. The number of nitrogens with zero attached hydrogens (tertiary/aromatic N) is 1. The molecule has 0 aliphatic carbocycles. The van der Waals surface area contributed by atoms with Crippen LogP contribution in [0.25, 0.3) is 10.8 Å². The number of rotatable bonds is 9. The molecule has 1 fully saturated rings. The number of hydrogen-bond donors (Lipinski definition) is 3. The van der Waals surface area contributed by atoms with Gasteiger partial charge in [-0.3, -0.25) is 10.2 Å². The number of hydrogen-bond acceptors (Lipinski definition) is 6. The van der Waals surface area contributed by atoms with E-state index in [0.717, 1.165) is 16.3 Å². The number of esters is 1. The number of likely N-dealkylation sites (tertiary alicyclic amines) is 1. The predicted molar refractivity (Wildman–Crippen MR) is 141 cm³/mol. The topological polar surface area (TPSA) is 143 Å². The SMILES string of the molecule is CCOC(=O)C(Cc1ccc(C(=N)N)cc1)N1CCCC(NS(=O)(=O)c2ccc3ccccc3c2)C1=O. The van der Waals surface area contributed by atoms with Gasteiger partial charge in [0.1, 0.15) is 17.9 Å². The lowest BCUT2D eigenvalue weighted by atomic mass is 9.98. The van der Waals surface area contributed by atoms with Crippen LogP contribution in [0.2, 0.25) is 0 Å². The van der Waals surface area contributed by atoms with Gasteiger partial charge in [-0.1, -0.05) is 54.6 Å². The first-order valence-electron chi connectivity index (χ1n) is 12.1. The zero-order chi connectivity index (χ0) is 26.6. The quantitative estimate of drug-likeness (QED) is 0.224. The smallest absolute Gasteiger partial charge is 0.329 e. The molecule has 37 heavy (non-hydrogen) atoms. The minimum Gasteiger partial charge on any atom is -0.464 e. The molecule has 1 aliphatic rings. The van der Waals surface area contributed by atoms with Gasteiger partial charge in [0, 0.05) is 18.5 Å². The minimum atomic E-state index is -3.98. The molecule has 0 radical (unpaired) electrons. The fourth-order valence-electron chi connectivity index (χ4n) is 4.51. The number of fused-ring (bicyclic) bond motifs is 1. The number of nitrogens with two attached hydrogens (primary N) is 1. The Bertz CT molecular complexity index is 1420. The first-order chi connectivity index (χ1) is 17.7. The van der Waals surface area contributed by atoms with Crippen LogP contribution in [0, 0.1) is 5.41 Å². The van der Waals surface area contributed by atoms with E-state index < -0.39 is 34.0 Å². The summed E-state index contributed by atoms with van der Waals surface area (Å²) in [5.74, 6) is -1.08. The number of benzene rings is 3. The van der Waals surface area contributed by atoms with E-state index in [9.17, 15) is 18.0 Å². The molecule has 1 heterocycles. The molecule has 0 aromatic heterocycles. The summed E-state index contributed by atoms with van der Waals surface area (Å²) in [4.78, 5) is 27.9. The lowest BCUT2D eigenvalue weighted by molar-refractivity contribution is -0.156. The highest BCUT2D eigenvalue weighted by Gasteiger charge is 2.39. The second-order valence-corrected chi connectivity index (χ2v) is 10.7. The molecule has 194 valence electrons. The maximum absolute atomic E-state index is 13.5. The average molecular weight is 523 g/mol. The van der Waals surface area contributed by atoms with Gasteiger partial charge in [0.15, 0.2) is 0 Å². The van der Waals surface area contributed by atoms with Crippen LogP contribution in [0.1, 0.15) is 30.9 Å². The second kappa shape index (κ2) is 11.1. The van der Waals surface area contributed by atoms with Crippen molar-refractivity contribution in [1.29, 1.82) is 5.41 Å². The summed E-state index contributed by atoms with van der Waals surface area (Å²) >= 11 is 0. The summed E-state index contributed by atoms with van der Waals surface area (Å²) in [6.45, 7) is 2.15. The van der Waals surface area contributed by atoms with E-state index >= 15 is 0 Å². The standard InChI is InChI=1S/C27H30N4O5S/c1-2-36-27(33)24(16-18-9-11-20(12-10-18)25(28)29)31-15-5-8-23(26(31)32)30-37(34,35)22-14-13-19-6-3-4-7-21(19)17-22/h3-4,6-7,9-14,17,23-24,30H,2,5,8,15-16H2,1H3,(H3,28,29). The van der Waals surface area contributed by atoms with Crippen LogP contribution in [0.3, 0.4) is 0 Å². The van der Waals surface area contributed by atoms with Crippen LogP contribution in [0.15, 0.2) is 71.6 Å². The number of amides is 1. The molecule has 2 atom stereocenters. The van der Waals surface area contributed by atoms with E-state index in [-0.39, 0.29) is 23.8 Å². The van der Waals surface area contributed by atoms with Crippen molar-refractivity contribution in [2.75, 3.05) is 13.2 Å². The Hall–Kier alpha value is -3.76. The molecule has 4 rings (SSSR count). The number of nitrogens with one attached hydrogen (secondary N) is 2. The Balaban J connectivity index is 1.55. The van der Waals surface area contributed by atoms with E-state index in [1.807, 2.05) is 24.3 Å². The van der Waals surface area contributed by atoms with Gasteiger partial charge < -0.3 is 15.4 Å². The van der Waals surface area contributed by atoms with Crippen LogP contribution in [0.4, 0.5) is 0 Å². The van der Waals surface area contributed by atoms with Crippen molar-refractivity contribution in [3.05, 3.63) is 77.9 Å². The molecule has 0 spiro atoms. The van der Waals surface area contributed by atoms with Crippen molar-refractivity contribution < 1.29 is 22.7 Å². The van der Waals surface area contributed by atoms with Gasteiger partial charge in [-0.2, -0.15) is 4.72 Å². The van der Waals surface area contributed by atoms with Crippen LogP contribution >= 0.6 is 0 Å². The Kier molecular flexibility index (Phi) is 7.89. The van der Waals surface area contributed by atoms with Gasteiger partial charge in [0.25, 0.3) is 0 Å². The molecule has 1 aliphatic heterocycles. The van der Waals surface area contributed by atoms with Crippen LogP contribution < -0.4 is 10.5 Å². The summed E-state index contributed by atoms with van der Waals surface area (Å²) in [7, 11) is -3.98. The number of carbonyl (C=O) groups excluding carboxylic acids is 2. The summed E-state index contributed by atoms with van der Waals surface area (Å²) < 4.78 is 34.2. The fourth-order valence-corrected chi connectivity index (χ4v) is 5.77. The van der Waals surface area contributed by atoms with Crippen molar-refractivity contribution in [2.45, 2.75) is 43.2 Å². The van der Waals surface area contributed by atoms with Crippen LogP contribution in [-0.2, 0) is 30.8 Å². The maximum Gasteiger partial charge on any atom is 0.329 e. The van der Waals surface area contributed by atoms with Gasteiger partial charge in [0.2, 0.25) is 15.9 Å². The molecule has 1 amide bonds. The lowest BCUT2D eigenvalue weighted by Gasteiger charge is -2.37. The third-order valence-corrected chi connectivity index (χ3v) is 7.90. The molecule has 2 unspecified atom stereocenters. The summed E-state index contributed by atoms with van der Waals surface area (Å²) in [5, 5.41) is 9.24. The van der Waals surface area contributed by atoms with Crippen molar-refractivity contribution in [3.63, 3.8) is 0 Å². The van der Waals surface area contributed by atoms with E-state index in [4.69, 9.17) is 15.9 Å². The first-order valence-corrected chi connectivity index (χ1v) is 13.6. The second-order valence-electron chi connectivity index (χ2n) is 8.94. The van der Waals surface area contributed by atoms with E-state index in [2.05, 4.69) is 4.72 Å². The Labute approximate surface area is 216 Å². The third-order valence-electron chi connectivity index (χ3n) is 6.43. The Morgan fingerprint density at radius 2 is 1.84 bits per heavy atom. The predicted octanol–water partition coefficient (Wildman–Crippen LogP) is 2.57. The molecule has 4 N–H and O–H groups in total. The average Bonchev–Trinajstić information content (AvgIpc) is 2.88. The van der Waals surface area contributed by atoms with E-state index in [1.54, 1.807) is 43.3 Å². The maximum atomic E-state index is 13.5. The number of carbonyl (C=O) groups is 2. The summed E-state index contributed by atoms with van der Waals surface area (Å²) in [5.41, 5.74) is 6.83. The molecular weight excluding hydrogens is 492 g/mol. The van der Waals surface area contributed by atoms with Crippen molar-refractivity contribution in [3.8, 4) is 0 Å². The number of piperidine rings is 1. The van der Waals surface area contributed by atoms with Crippen LogP contribution in [0.5, 0.6) is 0 Å². The molecule has 10 heteroatoms. The van der Waals surface area contributed by atoms with Gasteiger partial charge in [0.05, 0.1) is 11.5 Å². The number of nitrogen functional groups attached to an aromatic ring is 1. The zero-order valence-electron chi connectivity index (χ0n) is 20.5. The highest BCUT2D eigenvalue weighted by Crippen LogP contribution is 2.23. The zero-order valence-corrected chi connectivity index (χ0v) is 21.3. The Morgan fingerprint density at radius 1 is 1.14 bits per heavy atom. The highest BCUT2D eigenvalue weighted by molar-refractivity contribution is 7.89. The lowest BCUT2D eigenvalue weighted by Crippen LogP contribution is -2.57. The third kappa shape index (κ3) is 5.98. The van der Waals surface area contributed by atoms with Gasteiger partial charge in [-0.15, -0.1) is 0 Å².